The van der Waals surface area contributed by atoms with Crippen LogP contribution in [0.1, 0.15) is 20.8 Å². The highest BCUT2D eigenvalue weighted by molar-refractivity contribution is 5.68. The Morgan fingerprint density at radius 1 is 1.33 bits per heavy atom. The molecule has 84 valence electrons. The van der Waals surface area contributed by atoms with Crippen LogP contribution in [0.25, 0.3) is 0 Å². The Morgan fingerprint density at radius 2 is 2.00 bits per heavy atom. The molecular weight excluding hydrogens is 186 g/mol. The van der Waals surface area contributed by atoms with Gasteiger partial charge in [0.05, 0.1) is 17.6 Å². The van der Waals surface area contributed by atoms with E-state index in [1.54, 1.807) is 0 Å². The van der Waals surface area contributed by atoms with Gasteiger partial charge in [-0.25, -0.2) is 0 Å². The minimum atomic E-state index is 0.277. The normalized spacial score (nSPS) is 11.3. The number of rotatable bonds is 3. The van der Waals surface area contributed by atoms with Crippen LogP contribution in [-0.4, -0.2) is 25.6 Å². The molecule has 15 heavy (non-hydrogen) atoms. The highest BCUT2D eigenvalue weighted by Crippen LogP contribution is 2.24. The second-order valence-electron chi connectivity index (χ2n) is 5.20. The van der Waals surface area contributed by atoms with E-state index in [9.17, 15) is 0 Å². The minimum absolute atomic E-state index is 0.277. The van der Waals surface area contributed by atoms with E-state index in [1.165, 1.54) is 5.69 Å². The molecule has 1 aromatic heterocycles. The molecule has 3 nitrogen and oxygen atoms in total. The molecule has 0 saturated carbocycles. The van der Waals surface area contributed by atoms with Gasteiger partial charge in [-0.15, -0.1) is 0 Å². The molecular formula is C12H21N3. The summed E-state index contributed by atoms with van der Waals surface area (Å²) < 4.78 is 0. The van der Waals surface area contributed by atoms with Gasteiger partial charge in [-0.1, -0.05) is 20.8 Å². The van der Waals surface area contributed by atoms with Crippen molar-refractivity contribution < 1.29 is 0 Å². The minimum Gasteiger partial charge on any atom is -0.382 e. The average molecular weight is 207 g/mol. The average Bonchev–Trinajstić information content (AvgIpc) is 2.14. The van der Waals surface area contributed by atoms with E-state index in [2.05, 4.69) is 36.0 Å². The molecule has 0 aliphatic carbocycles. The van der Waals surface area contributed by atoms with Gasteiger partial charge in [-0.05, 0) is 11.5 Å². The zero-order valence-electron chi connectivity index (χ0n) is 10.3. The predicted molar refractivity (Wildman–Crippen MR) is 66.5 cm³/mol. The Bertz CT molecular complexity index is 313. The number of hydrogen-bond donors (Lipinski definition) is 1. The summed E-state index contributed by atoms with van der Waals surface area (Å²) in [6, 6.07) is 2.02. The van der Waals surface area contributed by atoms with Crippen LogP contribution in [0.4, 0.5) is 11.4 Å². The highest BCUT2D eigenvalue weighted by atomic mass is 15.1. The van der Waals surface area contributed by atoms with Crippen LogP contribution in [-0.2, 0) is 0 Å². The fourth-order valence-corrected chi connectivity index (χ4v) is 1.27. The van der Waals surface area contributed by atoms with E-state index in [1.807, 2.05) is 32.6 Å². The lowest BCUT2D eigenvalue weighted by atomic mass is 9.97. The van der Waals surface area contributed by atoms with Crippen molar-refractivity contribution in [1.82, 2.24) is 4.98 Å². The van der Waals surface area contributed by atoms with Crippen LogP contribution in [0.2, 0.25) is 0 Å². The first kappa shape index (κ1) is 11.8. The van der Waals surface area contributed by atoms with Crippen LogP contribution in [0.5, 0.6) is 0 Å². The van der Waals surface area contributed by atoms with Crippen molar-refractivity contribution in [3.63, 3.8) is 0 Å². The molecule has 1 heterocycles. The maximum absolute atomic E-state index is 4.14. The number of nitrogens with one attached hydrogen (secondary N) is 1. The first-order chi connectivity index (χ1) is 6.90. The predicted octanol–water partition coefficient (Wildman–Crippen LogP) is 2.61. The van der Waals surface area contributed by atoms with Crippen LogP contribution in [0, 0.1) is 5.41 Å². The first-order valence-corrected chi connectivity index (χ1v) is 5.25. The van der Waals surface area contributed by atoms with Gasteiger partial charge in [0, 0.05) is 26.8 Å². The molecule has 0 bridgehead atoms. The molecule has 0 atom stereocenters. The lowest BCUT2D eigenvalue weighted by Crippen LogP contribution is -2.21. The Hall–Kier alpha value is -1.25. The van der Waals surface area contributed by atoms with E-state index < -0.39 is 0 Å². The smallest absolute Gasteiger partial charge is 0.0764 e. The van der Waals surface area contributed by atoms with Gasteiger partial charge in [0.1, 0.15) is 0 Å². The monoisotopic (exact) mass is 207 g/mol. The third kappa shape index (κ3) is 3.78. The SMILES string of the molecule is CN(C)c1ccncc1NCC(C)(C)C. The van der Waals surface area contributed by atoms with Crippen molar-refractivity contribution >= 4 is 11.4 Å². The topological polar surface area (TPSA) is 28.2 Å². The number of pyridine rings is 1. The first-order valence-electron chi connectivity index (χ1n) is 5.25. The number of nitrogens with zero attached hydrogens (tertiary/aromatic N) is 2. The molecule has 1 rings (SSSR count). The van der Waals surface area contributed by atoms with Crippen LogP contribution < -0.4 is 10.2 Å². The number of hydrogen-bond acceptors (Lipinski definition) is 3. The molecule has 0 saturated heterocycles. The lowest BCUT2D eigenvalue weighted by Gasteiger charge is -2.23. The molecule has 0 aliphatic heterocycles. The van der Waals surface area contributed by atoms with Crippen molar-refractivity contribution in [1.29, 1.82) is 0 Å². The van der Waals surface area contributed by atoms with Crippen LogP contribution in [0.3, 0.4) is 0 Å². The van der Waals surface area contributed by atoms with Gasteiger partial charge in [0.2, 0.25) is 0 Å². The summed E-state index contributed by atoms with van der Waals surface area (Å²) in [5.74, 6) is 0. The summed E-state index contributed by atoms with van der Waals surface area (Å²) in [7, 11) is 4.08. The Morgan fingerprint density at radius 3 is 2.53 bits per heavy atom. The number of aromatic nitrogens is 1. The second kappa shape index (κ2) is 4.51. The van der Waals surface area contributed by atoms with Gasteiger partial charge >= 0.3 is 0 Å². The maximum atomic E-state index is 4.14. The fraction of sp³-hybridized carbons (Fsp3) is 0.583. The van der Waals surface area contributed by atoms with E-state index in [0.717, 1.165) is 12.2 Å². The van der Waals surface area contributed by atoms with Gasteiger partial charge < -0.3 is 10.2 Å². The molecule has 3 heteroatoms. The third-order valence-corrected chi connectivity index (χ3v) is 2.09. The molecule has 0 unspecified atom stereocenters. The maximum Gasteiger partial charge on any atom is 0.0764 e. The summed E-state index contributed by atoms with van der Waals surface area (Å²) in [4.78, 5) is 6.23. The Balaban J connectivity index is 2.76. The largest absolute Gasteiger partial charge is 0.382 e. The molecule has 0 radical (unpaired) electrons. The quantitative estimate of drug-likeness (QED) is 0.825. The molecule has 0 aliphatic rings. The summed E-state index contributed by atoms with van der Waals surface area (Å²) in [6.45, 7) is 7.59. The van der Waals surface area contributed by atoms with Crippen molar-refractivity contribution in [2.45, 2.75) is 20.8 Å². The molecule has 0 fully saturated rings. The standard InChI is InChI=1S/C12H21N3/c1-12(2,3)9-14-10-8-13-7-6-11(10)15(4)5/h6-8,14H,9H2,1-5H3. The van der Waals surface area contributed by atoms with E-state index in [0.29, 0.717) is 0 Å². The highest BCUT2D eigenvalue weighted by Gasteiger charge is 2.11. The summed E-state index contributed by atoms with van der Waals surface area (Å²) in [5, 5.41) is 3.43. The van der Waals surface area contributed by atoms with Crippen molar-refractivity contribution in [2.24, 2.45) is 5.41 Å². The molecule has 0 amide bonds. The van der Waals surface area contributed by atoms with Gasteiger partial charge in [-0.3, -0.25) is 4.98 Å². The summed E-state index contributed by atoms with van der Waals surface area (Å²) >= 11 is 0. The summed E-state index contributed by atoms with van der Waals surface area (Å²) in [6.07, 6.45) is 3.69. The zero-order chi connectivity index (χ0) is 11.5. The van der Waals surface area contributed by atoms with Gasteiger partial charge in [0.15, 0.2) is 0 Å². The van der Waals surface area contributed by atoms with E-state index in [-0.39, 0.29) is 5.41 Å². The zero-order valence-corrected chi connectivity index (χ0v) is 10.3. The van der Waals surface area contributed by atoms with Gasteiger partial charge in [0.25, 0.3) is 0 Å². The van der Waals surface area contributed by atoms with Crippen molar-refractivity contribution in [3.8, 4) is 0 Å². The summed E-state index contributed by atoms with van der Waals surface area (Å²) in [5.41, 5.74) is 2.55. The Labute approximate surface area is 92.5 Å². The van der Waals surface area contributed by atoms with Crippen LogP contribution >= 0.6 is 0 Å². The molecule has 0 aromatic carbocycles. The second-order valence-corrected chi connectivity index (χ2v) is 5.20. The Kier molecular flexibility index (Phi) is 3.56. The van der Waals surface area contributed by atoms with Gasteiger partial charge in [-0.2, -0.15) is 0 Å². The van der Waals surface area contributed by atoms with E-state index >= 15 is 0 Å². The van der Waals surface area contributed by atoms with Crippen LogP contribution in [0.15, 0.2) is 18.5 Å². The fourth-order valence-electron chi connectivity index (χ4n) is 1.27. The molecule has 0 spiro atoms. The van der Waals surface area contributed by atoms with Crippen molar-refractivity contribution in [2.75, 3.05) is 30.9 Å². The number of anilines is 2. The van der Waals surface area contributed by atoms with E-state index in [4.69, 9.17) is 0 Å². The molecule has 1 N–H and O–H groups in total. The molecule has 1 aromatic rings. The third-order valence-electron chi connectivity index (χ3n) is 2.09. The van der Waals surface area contributed by atoms with Crippen molar-refractivity contribution in [3.05, 3.63) is 18.5 Å². The lowest BCUT2D eigenvalue weighted by molar-refractivity contribution is 0.443.